The predicted molar refractivity (Wildman–Crippen MR) is 75.8 cm³/mol. The van der Waals surface area contributed by atoms with Crippen molar-refractivity contribution in [1.29, 1.82) is 0 Å². The number of anilines is 1. The fourth-order valence-corrected chi connectivity index (χ4v) is 3.43. The minimum atomic E-state index is -3.49. The molecular weight excluding hydrogens is 288 g/mol. The fourth-order valence-electron chi connectivity index (χ4n) is 1.52. The molecule has 0 radical (unpaired) electrons. The summed E-state index contributed by atoms with van der Waals surface area (Å²) in [5, 5.41) is 0.110. The third kappa shape index (κ3) is 4.40. The Morgan fingerprint density at radius 3 is 2.53 bits per heavy atom. The third-order valence-corrected chi connectivity index (χ3v) is 4.87. The summed E-state index contributed by atoms with van der Waals surface area (Å²) < 4.78 is 24.1. The van der Waals surface area contributed by atoms with Crippen molar-refractivity contribution in [2.24, 2.45) is 0 Å². The van der Waals surface area contributed by atoms with Gasteiger partial charge in [0.25, 0.3) is 0 Å². The van der Waals surface area contributed by atoms with Crippen molar-refractivity contribution < 1.29 is 13.2 Å². The summed E-state index contributed by atoms with van der Waals surface area (Å²) in [6.07, 6.45) is 0.457. The van der Waals surface area contributed by atoms with Crippen molar-refractivity contribution in [2.45, 2.75) is 17.7 Å². The van der Waals surface area contributed by atoms with Crippen LogP contribution < -0.4 is 5.73 Å². The van der Waals surface area contributed by atoms with Gasteiger partial charge in [-0.05, 0) is 24.6 Å². The smallest absolute Gasteiger partial charge is 0.222 e. The number of sulfone groups is 1. The molecule has 1 rings (SSSR count). The Bertz CT molecular complexity index is 570. The first-order chi connectivity index (χ1) is 8.74. The van der Waals surface area contributed by atoms with Crippen LogP contribution in [0, 0.1) is 0 Å². The molecule has 0 spiro atoms. The molecule has 0 aliphatic heterocycles. The molecule has 1 amide bonds. The first kappa shape index (κ1) is 15.8. The van der Waals surface area contributed by atoms with Gasteiger partial charge in [-0.3, -0.25) is 4.79 Å². The van der Waals surface area contributed by atoms with E-state index in [0.717, 1.165) is 0 Å². The van der Waals surface area contributed by atoms with Gasteiger partial charge in [-0.15, -0.1) is 0 Å². The highest BCUT2D eigenvalue weighted by Crippen LogP contribution is 2.25. The van der Waals surface area contributed by atoms with Gasteiger partial charge in [0, 0.05) is 26.2 Å². The number of nitrogens with two attached hydrogens (primary N) is 1. The number of hydrogen-bond donors (Lipinski definition) is 1. The standard InChI is InChI=1S/C12H17ClN2O3S/c1-15(2)12(16)4-3-7-19(17,18)11-6-5-9(14)8-10(11)13/h5-6,8H,3-4,7,14H2,1-2H3. The van der Waals surface area contributed by atoms with E-state index in [9.17, 15) is 13.2 Å². The summed E-state index contributed by atoms with van der Waals surface area (Å²) in [7, 11) is -0.222. The summed E-state index contributed by atoms with van der Waals surface area (Å²) in [5.74, 6) is -0.213. The van der Waals surface area contributed by atoms with Crippen LogP contribution in [0.5, 0.6) is 0 Å². The highest BCUT2D eigenvalue weighted by molar-refractivity contribution is 7.91. The van der Waals surface area contributed by atoms with Crippen molar-refractivity contribution >= 4 is 33.0 Å². The van der Waals surface area contributed by atoms with Crippen LogP contribution in [-0.4, -0.2) is 39.1 Å². The largest absolute Gasteiger partial charge is 0.399 e. The molecule has 0 aromatic heterocycles. The molecule has 2 N–H and O–H groups in total. The number of rotatable bonds is 5. The molecule has 0 saturated heterocycles. The fraction of sp³-hybridized carbons (Fsp3) is 0.417. The average Bonchev–Trinajstić information content (AvgIpc) is 2.27. The first-order valence-corrected chi connectivity index (χ1v) is 7.75. The van der Waals surface area contributed by atoms with E-state index in [4.69, 9.17) is 17.3 Å². The van der Waals surface area contributed by atoms with Gasteiger partial charge in [0.2, 0.25) is 5.91 Å². The van der Waals surface area contributed by atoms with Crippen LogP contribution in [0.1, 0.15) is 12.8 Å². The molecule has 0 unspecified atom stereocenters. The van der Waals surface area contributed by atoms with Crippen LogP contribution in [-0.2, 0) is 14.6 Å². The lowest BCUT2D eigenvalue weighted by molar-refractivity contribution is -0.128. The summed E-state index contributed by atoms with van der Waals surface area (Å²) in [6.45, 7) is 0. The summed E-state index contributed by atoms with van der Waals surface area (Å²) >= 11 is 5.87. The lowest BCUT2D eigenvalue weighted by atomic mass is 10.3. The molecule has 0 aliphatic rings. The van der Waals surface area contributed by atoms with Crippen molar-refractivity contribution in [3.8, 4) is 0 Å². The van der Waals surface area contributed by atoms with E-state index in [0.29, 0.717) is 5.69 Å². The number of amides is 1. The second-order valence-corrected chi connectivity index (χ2v) is 6.89. The zero-order chi connectivity index (χ0) is 14.6. The number of nitrogen functional groups attached to an aromatic ring is 1. The Morgan fingerprint density at radius 1 is 1.37 bits per heavy atom. The lowest BCUT2D eigenvalue weighted by Crippen LogP contribution is -2.22. The van der Waals surface area contributed by atoms with Gasteiger partial charge >= 0.3 is 0 Å². The molecule has 19 heavy (non-hydrogen) atoms. The van der Waals surface area contributed by atoms with Gasteiger partial charge in [-0.2, -0.15) is 0 Å². The van der Waals surface area contributed by atoms with Crippen LogP contribution in [0.4, 0.5) is 5.69 Å². The third-order valence-electron chi connectivity index (χ3n) is 2.59. The second kappa shape index (κ2) is 6.25. The minimum absolute atomic E-state index is 0.0562. The number of nitrogens with zero attached hydrogens (tertiary/aromatic N) is 1. The van der Waals surface area contributed by atoms with E-state index < -0.39 is 9.84 Å². The average molecular weight is 305 g/mol. The van der Waals surface area contributed by atoms with Crippen LogP contribution in [0.2, 0.25) is 5.02 Å². The van der Waals surface area contributed by atoms with Gasteiger partial charge in [0.15, 0.2) is 9.84 Å². The van der Waals surface area contributed by atoms with E-state index in [1.807, 2.05) is 0 Å². The van der Waals surface area contributed by atoms with E-state index in [2.05, 4.69) is 0 Å². The van der Waals surface area contributed by atoms with Crippen LogP contribution in [0.15, 0.2) is 23.1 Å². The predicted octanol–water partition coefficient (Wildman–Crippen LogP) is 1.56. The highest BCUT2D eigenvalue weighted by atomic mass is 35.5. The topological polar surface area (TPSA) is 80.5 Å². The molecular formula is C12H17ClN2O3S. The molecule has 0 fully saturated rings. The molecule has 0 atom stereocenters. The summed E-state index contributed by atoms with van der Waals surface area (Å²) in [4.78, 5) is 12.9. The van der Waals surface area contributed by atoms with E-state index in [-0.39, 0.29) is 34.4 Å². The van der Waals surface area contributed by atoms with Gasteiger partial charge in [0.1, 0.15) is 0 Å². The molecule has 106 valence electrons. The maximum atomic E-state index is 12.1. The van der Waals surface area contributed by atoms with E-state index in [1.54, 1.807) is 14.1 Å². The monoisotopic (exact) mass is 304 g/mol. The maximum absolute atomic E-state index is 12.1. The Balaban J connectivity index is 2.74. The normalized spacial score (nSPS) is 11.3. The number of carbonyl (C=O) groups excluding carboxylic acids is 1. The minimum Gasteiger partial charge on any atom is -0.399 e. The van der Waals surface area contributed by atoms with Crippen molar-refractivity contribution in [3.05, 3.63) is 23.2 Å². The molecule has 0 saturated carbocycles. The Labute approximate surface area is 118 Å². The number of benzene rings is 1. The molecule has 1 aromatic rings. The number of carbonyl (C=O) groups is 1. The van der Waals surface area contributed by atoms with Crippen LogP contribution >= 0.6 is 11.6 Å². The first-order valence-electron chi connectivity index (χ1n) is 5.72. The quantitative estimate of drug-likeness (QED) is 0.837. The van der Waals surface area contributed by atoms with E-state index >= 15 is 0 Å². The maximum Gasteiger partial charge on any atom is 0.222 e. The van der Waals surface area contributed by atoms with Crippen molar-refractivity contribution in [2.75, 3.05) is 25.6 Å². The Hall–Kier alpha value is -1.27. The van der Waals surface area contributed by atoms with E-state index in [1.165, 1.54) is 23.1 Å². The van der Waals surface area contributed by atoms with Gasteiger partial charge in [-0.1, -0.05) is 11.6 Å². The Morgan fingerprint density at radius 2 is 2.00 bits per heavy atom. The lowest BCUT2D eigenvalue weighted by Gasteiger charge is -2.10. The zero-order valence-electron chi connectivity index (χ0n) is 10.9. The summed E-state index contributed by atoms with van der Waals surface area (Å²) in [6, 6.07) is 4.28. The van der Waals surface area contributed by atoms with Crippen molar-refractivity contribution in [3.63, 3.8) is 0 Å². The Kier molecular flexibility index (Phi) is 5.20. The zero-order valence-corrected chi connectivity index (χ0v) is 12.5. The van der Waals surface area contributed by atoms with Gasteiger partial charge < -0.3 is 10.6 Å². The molecule has 1 aromatic carbocycles. The van der Waals surface area contributed by atoms with Crippen molar-refractivity contribution in [1.82, 2.24) is 4.90 Å². The number of halogens is 1. The second-order valence-electron chi connectivity index (χ2n) is 4.40. The SMILES string of the molecule is CN(C)C(=O)CCCS(=O)(=O)c1ccc(N)cc1Cl. The van der Waals surface area contributed by atoms with Crippen LogP contribution in [0.3, 0.4) is 0 Å². The highest BCUT2D eigenvalue weighted by Gasteiger charge is 2.18. The molecule has 0 bridgehead atoms. The van der Waals surface area contributed by atoms with Crippen LogP contribution in [0.25, 0.3) is 0 Å². The molecule has 7 heteroatoms. The molecule has 5 nitrogen and oxygen atoms in total. The van der Waals surface area contributed by atoms with Gasteiger partial charge in [-0.25, -0.2) is 8.42 Å². The van der Waals surface area contributed by atoms with Gasteiger partial charge in [0.05, 0.1) is 15.7 Å². The number of hydrogen-bond acceptors (Lipinski definition) is 4. The molecule has 0 heterocycles. The summed E-state index contributed by atoms with van der Waals surface area (Å²) in [5.41, 5.74) is 5.92. The molecule has 0 aliphatic carbocycles.